The molecule has 5 heteroatoms. The maximum atomic E-state index is 12.5. The number of benzene rings is 2. The normalized spacial score (nSPS) is 16.6. The highest BCUT2D eigenvalue weighted by Gasteiger charge is 2.18. The lowest BCUT2D eigenvalue weighted by molar-refractivity contribution is 0.112. The molecule has 3 aromatic rings. The second-order valence-corrected chi connectivity index (χ2v) is 6.94. The zero-order chi connectivity index (χ0) is 18.6. The van der Waals surface area contributed by atoms with Crippen LogP contribution in [-0.2, 0) is 11.2 Å². The maximum absolute atomic E-state index is 12.5. The zero-order valence-corrected chi connectivity index (χ0v) is 15.5. The van der Waals surface area contributed by atoms with Gasteiger partial charge in [-0.2, -0.15) is 0 Å². The van der Waals surface area contributed by atoms with Crippen LogP contribution in [0.1, 0.15) is 25.3 Å². The number of urea groups is 1. The van der Waals surface area contributed by atoms with Gasteiger partial charge in [0.25, 0.3) is 0 Å². The molecule has 3 N–H and O–H groups in total. The summed E-state index contributed by atoms with van der Waals surface area (Å²) >= 11 is 0. The van der Waals surface area contributed by atoms with Crippen LogP contribution in [0.15, 0.2) is 48.5 Å². The van der Waals surface area contributed by atoms with Gasteiger partial charge in [0.1, 0.15) is 0 Å². The van der Waals surface area contributed by atoms with Crippen molar-refractivity contribution in [2.24, 2.45) is 0 Å². The molecule has 4 rings (SSSR count). The number of aryl methyl sites for hydroxylation is 1. The fourth-order valence-corrected chi connectivity index (χ4v) is 3.56. The molecular formula is C22H25N3O2. The molecule has 0 unspecified atom stereocenters. The highest BCUT2D eigenvalue weighted by molar-refractivity contribution is 6.07. The molecule has 0 radical (unpaired) electrons. The van der Waals surface area contributed by atoms with Crippen LogP contribution in [0.5, 0.6) is 0 Å². The number of fused-ring (bicyclic) bond motifs is 1. The molecule has 1 fully saturated rings. The molecule has 0 saturated carbocycles. The Bertz CT molecular complexity index is 924. The molecule has 5 nitrogen and oxygen atoms in total. The minimum atomic E-state index is -0.207. The van der Waals surface area contributed by atoms with E-state index in [4.69, 9.17) is 4.74 Å². The summed E-state index contributed by atoms with van der Waals surface area (Å²) < 4.78 is 5.57. The Morgan fingerprint density at radius 2 is 2.00 bits per heavy atom. The van der Waals surface area contributed by atoms with Crippen LogP contribution in [0, 0.1) is 0 Å². The summed E-state index contributed by atoms with van der Waals surface area (Å²) in [5, 5.41) is 6.98. The summed E-state index contributed by atoms with van der Waals surface area (Å²) in [6.45, 7) is 3.46. The van der Waals surface area contributed by atoms with Gasteiger partial charge in [0.05, 0.1) is 17.5 Å². The quantitative estimate of drug-likeness (QED) is 0.615. The molecule has 1 aliphatic heterocycles. The molecule has 2 heterocycles. The molecule has 1 aromatic heterocycles. The van der Waals surface area contributed by atoms with Crippen LogP contribution < -0.4 is 10.6 Å². The van der Waals surface area contributed by atoms with E-state index >= 15 is 0 Å². The van der Waals surface area contributed by atoms with E-state index < -0.39 is 0 Å². The van der Waals surface area contributed by atoms with Crippen LogP contribution in [-0.4, -0.2) is 30.3 Å². The second-order valence-electron chi connectivity index (χ2n) is 6.94. The van der Waals surface area contributed by atoms with E-state index in [1.165, 1.54) is 5.56 Å². The van der Waals surface area contributed by atoms with E-state index in [1.54, 1.807) is 0 Å². The Morgan fingerprint density at radius 1 is 1.19 bits per heavy atom. The van der Waals surface area contributed by atoms with Gasteiger partial charge in [-0.15, -0.1) is 0 Å². The Labute approximate surface area is 159 Å². The fourth-order valence-electron chi connectivity index (χ4n) is 3.56. The van der Waals surface area contributed by atoms with Gasteiger partial charge in [-0.25, -0.2) is 4.79 Å². The largest absolute Gasteiger partial charge is 0.376 e. The number of ether oxygens (including phenoxy) is 1. The minimum Gasteiger partial charge on any atom is -0.376 e. The highest BCUT2D eigenvalue weighted by atomic mass is 16.5. The first-order chi connectivity index (χ1) is 13.2. The summed E-state index contributed by atoms with van der Waals surface area (Å²) in [5.41, 5.74) is 5.07. The zero-order valence-electron chi connectivity index (χ0n) is 15.5. The molecule has 1 aliphatic rings. The average Bonchev–Trinajstić information content (AvgIpc) is 3.35. The van der Waals surface area contributed by atoms with Crippen LogP contribution in [0.4, 0.5) is 10.5 Å². The number of para-hydroxylation sites is 1. The van der Waals surface area contributed by atoms with Gasteiger partial charge in [0.2, 0.25) is 0 Å². The topological polar surface area (TPSA) is 66.2 Å². The molecule has 1 saturated heterocycles. The van der Waals surface area contributed by atoms with Gasteiger partial charge in [0, 0.05) is 29.6 Å². The molecule has 2 amide bonds. The smallest absolute Gasteiger partial charge is 0.319 e. The van der Waals surface area contributed by atoms with Gasteiger partial charge in [0.15, 0.2) is 0 Å². The van der Waals surface area contributed by atoms with Crippen molar-refractivity contribution >= 4 is 22.6 Å². The van der Waals surface area contributed by atoms with Crippen LogP contribution in [0.3, 0.4) is 0 Å². The summed E-state index contributed by atoms with van der Waals surface area (Å²) in [4.78, 5) is 16.0. The number of amides is 2. The van der Waals surface area contributed by atoms with Crippen LogP contribution in [0.25, 0.3) is 22.2 Å². The number of nitrogens with one attached hydrogen (secondary N) is 3. The number of carbonyl (C=O) groups excluding carboxylic acids is 1. The van der Waals surface area contributed by atoms with Crippen molar-refractivity contribution in [3.05, 3.63) is 54.1 Å². The second kappa shape index (κ2) is 7.84. The molecule has 27 heavy (non-hydrogen) atoms. The first kappa shape index (κ1) is 17.6. The number of rotatable bonds is 5. The number of anilines is 1. The molecule has 2 aromatic carbocycles. The number of carbonyl (C=O) groups is 1. The Hall–Kier alpha value is -2.79. The van der Waals surface area contributed by atoms with Crippen molar-refractivity contribution in [2.75, 3.05) is 18.5 Å². The van der Waals surface area contributed by atoms with Crippen molar-refractivity contribution in [2.45, 2.75) is 32.3 Å². The van der Waals surface area contributed by atoms with Crippen molar-refractivity contribution in [1.29, 1.82) is 0 Å². The van der Waals surface area contributed by atoms with Crippen LogP contribution in [0.2, 0.25) is 0 Å². The lowest BCUT2D eigenvalue weighted by Gasteiger charge is -2.13. The summed E-state index contributed by atoms with van der Waals surface area (Å²) in [7, 11) is 0. The molecule has 0 bridgehead atoms. The lowest BCUT2D eigenvalue weighted by atomic mass is 10.1. The van der Waals surface area contributed by atoms with E-state index in [-0.39, 0.29) is 12.1 Å². The number of aromatic nitrogens is 1. The standard InChI is InChI=1S/C22H25N3O2/c1-2-15-9-11-16(12-10-15)20-21(18-7-3-4-8-19(18)24-20)25-22(26)23-14-17-6-5-13-27-17/h3-4,7-12,17,24H,2,5-6,13-14H2,1H3,(H2,23,25,26)/t17-/m0/s1. The average molecular weight is 363 g/mol. The van der Waals surface area contributed by atoms with E-state index in [0.717, 1.165) is 53.7 Å². The van der Waals surface area contributed by atoms with Crippen molar-refractivity contribution in [1.82, 2.24) is 10.3 Å². The monoisotopic (exact) mass is 363 g/mol. The van der Waals surface area contributed by atoms with Gasteiger partial charge in [-0.05, 0) is 30.9 Å². The number of hydrogen-bond donors (Lipinski definition) is 3. The summed E-state index contributed by atoms with van der Waals surface area (Å²) in [6.07, 6.45) is 3.19. The number of H-pyrrole nitrogens is 1. The maximum Gasteiger partial charge on any atom is 0.319 e. The number of hydrogen-bond acceptors (Lipinski definition) is 2. The lowest BCUT2D eigenvalue weighted by Crippen LogP contribution is -2.35. The van der Waals surface area contributed by atoms with E-state index in [1.807, 2.05) is 24.3 Å². The third kappa shape index (κ3) is 3.83. The Morgan fingerprint density at radius 3 is 2.74 bits per heavy atom. The van der Waals surface area contributed by atoms with E-state index in [9.17, 15) is 4.79 Å². The molecule has 140 valence electrons. The minimum absolute atomic E-state index is 0.125. The van der Waals surface area contributed by atoms with Crippen molar-refractivity contribution in [3.63, 3.8) is 0 Å². The van der Waals surface area contributed by atoms with Crippen LogP contribution >= 0.6 is 0 Å². The first-order valence-corrected chi connectivity index (χ1v) is 9.61. The fraction of sp³-hybridized carbons (Fsp3) is 0.318. The van der Waals surface area contributed by atoms with Gasteiger partial charge in [-0.3, -0.25) is 0 Å². The molecular weight excluding hydrogens is 338 g/mol. The summed E-state index contributed by atoms with van der Waals surface area (Å²) in [6, 6.07) is 16.3. The molecule has 1 atom stereocenters. The van der Waals surface area contributed by atoms with Gasteiger partial charge >= 0.3 is 6.03 Å². The third-order valence-electron chi connectivity index (χ3n) is 5.11. The van der Waals surface area contributed by atoms with Crippen molar-refractivity contribution < 1.29 is 9.53 Å². The van der Waals surface area contributed by atoms with Gasteiger partial charge in [-0.1, -0.05) is 49.4 Å². The summed E-state index contributed by atoms with van der Waals surface area (Å²) in [5.74, 6) is 0. The Kier molecular flexibility index (Phi) is 5.12. The number of aromatic amines is 1. The Balaban J connectivity index is 1.60. The molecule has 0 aliphatic carbocycles. The van der Waals surface area contributed by atoms with Gasteiger partial charge < -0.3 is 20.4 Å². The SMILES string of the molecule is CCc1ccc(-c2[nH]c3ccccc3c2NC(=O)NC[C@@H]2CCCO2)cc1. The highest BCUT2D eigenvalue weighted by Crippen LogP contribution is 2.35. The predicted octanol–water partition coefficient (Wildman–Crippen LogP) is 4.70. The predicted molar refractivity (Wildman–Crippen MR) is 109 cm³/mol. The van der Waals surface area contributed by atoms with E-state index in [0.29, 0.717) is 6.54 Å². The molecule has 0 spiro atoms. The van der Waals surface area contributed by atoms with E-state index in [2.05, 4.69) is 46.8 Å². The first-order valence-electron chi connectivity index (χ1n) is 9.61. The van der Waals surface area contributed by atoms with Crippen molar-refractivity contribution in [3.8, 4) is 11.3 Å². The third-order valence-corrected chi connectivity index (χ3v) is 5.11.